The standard InChI is InChI=1S/C28H37N3O8/c1-11-13-8-7-12(9-30-10-27(2,3)4)20(32)15(13)21(33)16-14(11)22(34)18-19(31(5)6)23(35)17(26(29)38)25(37)28(18,39)24(16)36/h7-8,11,14,18-19,22,30,32-34,37,39H,9-10H2,1-6H3,(H2,29,38)/t11-,14+,18-,19+,22-,28-/m1/s1. The summed E-state index contributed by atoms with van der Waals surface area (Å²) < 4.78 is 0. The van der Waals surface area contributed by atoms with Crippen molar-refractivity contribution in [3.05, 3.63) is 45.7 Å². The van der Waals surface area contributed by atoms with E-state index in [4.69, 9.17) is 5.73 Å². The molecule has 0 unspecified atom stereocenters. The van der Waals surface area contributed by atoms with Crippen molar-refractivity contribution >= 4 is 23.2 Å². The fourth-order valence-electron chi connectivity index (χ4n) is 6.37. The molecule has 212 valence electrons. The number of ketones is 2. The Kier molecular flexibility index (Phi) is 6.96. The van der Waals surface area contributed by atoms with Crippen LogP contribution in [0.1, 0.15) is 50.3 Å². The van der Waals surface area contributed by atoms with Crippen molar-refractivity contribution < 1.29 is 39.9 Å². The van der Waals surface area contributed by atoms with Crippen LogP contribution in [0.3, 0.4) is 0 Å². The number of nitrogens with two attached hydrogens (primary N) is 1. The molecule has 0 aromatic heterocycles. The Bertz CT molecular complexity index is 1320. The Hall–Kier alpha value is -3.25. The summed E-state index contributed by atoms with van der Waals surface area (Å²) in [5, 5.41) is 60.1. The zero-order valence-electron chi connectivity index (χ0n) is 22.9. The Morgan fingerprint density at radius 3 is 2.31 bits per heavy atom. The summed E-state index contributed by atoms with van der Waals surface area (Å²) in [5.41, 5.74) is 1.97. The largest absolute Gasteiger partial charge is 0.508 e. The number of phenols is 1. The van der Waals surface area contributed by atoms with Gasteiger partial charge in [-0.3, -0.25) is 19.3 Å². The van der Waals surface area contributed by atoms with Crippen molar-refractivity contribution in [1.29, 1.82) is 0 Å². The van der Waals surface area contributed by atoms with Crippen molar-refractivity contribution in [1.82, 2.24) is 10.2 Å². The SMILES string of the molecule is C[C@@H]1c2ccc(CNCC(C)(C)C)c(O)c2C(O)=C2C(=O)[C@@]3(O)C(O)=C(C(N)=O)C(=O)[C@@H](N(C)C)[C@@H]3[C@H](O)[C@H]21. The van der Waals surface area contributed by atoms with Gasteiger partial charge < -0.3 is 36.6 Å². The number of nitrogens with one attached hydrogen (secondary N) is 1. The number of Topliss-reactive ketones (excluding diaryl/α,β-unsaturated/α-hetero) is 2. The number of hydrogen-bond acceptors (Lipinski definition) is 10. The lowest BCUT2D eigenvalue weighted by Gasteiger charge is -2.53. The molecule has 1 aromatic rings. The van der Waals surface area contributed by atoms with Crippen molar-refractivity contribution in [2.75, 3.05) is 20.6 Å². The van der Waals surface area contributed by atoms with Gasteiger partial charge in [-0.2, -0.15) is 0 Å². The number of benzene rings is 1. The summed E-state index contributed by atoms with van der Waals surface area (Å²) in [6.45, 7) is 8.78. The summed E-state index contributed by atoms with van der Waals surface area (Å²) >= 11 is 0. The molecule has 1 aromatic carbocycles. The molecule has 3 aliphatic rings. The molecule has 1 amide bonds. The number of fused-ring (bicyclic) bond motifs is 3. The van der Waals surface area contributed by atoms with E-state index in [2.05, 4.69) is 26.1 Å². The zero-order valence-corrected chi connectivity index (χ0v) is 22.9. The Balaban J connectivity index is 1.92. The summed E-state index contributed by atoms with van der Waals surface area (Å²) in [4.78, 5) is 40.7. The van der Waals surface area contributed by atoms with Crippen LogP contribution in [0, 0.1) is 17.3 Å². The number of carbonyl (C=O) groups is 3. The van der Waals surface area contributed by atoms with Crippen LogP contribution >= 0.6 is 0 Å². The number of aliphatic hydroxyl groups is 4. The number of aromatic hydroxyl groups is 1. The fraction of sp³-hybridized carbons (Fsp3) is 0.536. The van der Waals surface area contributed by atoms with E-state index in [-0.39, 0.29) is 23.3 Å². The first-order valence-corrected chi connectivity index (χ1v) is 12.8. The highest BCUT2D eigenvalue weighted by Crippen LogP contribution is 2.56. The van der Waals surface area contributed by atoms with Crippen molar-refractivity contribution in [2.24, 2.45) is 23.0 Å². The number of likely N-dealkylation sites (N-methyl/N-ethyl adjacent to an activating group) is 1. The molecule has 0 heterocycles. The number of amides is 1. The van der Waals surface area contributed by atoms with E-state index in [9.17, 15) is 39.9 Å². The molecule has 0 bridgehead atoms. The molecule has 1 fully saturated rings. The number of hydrogen-bond donors (Lipinski definition) is 7. The van der Waals surface area contributed by atoms with Gasteiger partial charge in [-0.15, -0.1) is 0 Å². The number of carbonyl (C=O) groups excluding carboxylic acids is 3. The molecule has 39 heavy (non-hydrogen) atoms. The van der Waals surface area contributed by atoms with E-state index in [1.165, 1.54) is 19.0 Å². The lowest BCUT2D eigenvalue weighted by Crippen LogP contribution is -2.70. The van der Waals surface area contributed by atoms with Crippen LogP contribution in [0.25, 0.3) is 5.76 Å². The maximum Gasteiger partial charge on any atom is 0.255 e. The molecule has 11 nitrogen and oxygen atoms in total. The second kappa shape index (κ2) is 9.44. The van der Waals surface area contributed by atoms with Gasteiger partial charge in [0, 0.05) is 30.1 Å². The Labute approximate surface area is 226 Å². The predicted octanol–water partition coefficient (Wildman–Crippen LogP) is 0.632. The van der Waals surface area contributed by atoms with Crippen molar-refractivity contribution in [2.45, 2.75) is 57.9 Å². The molecular weight excluding hydrogens is 506 g/mol. The van der Waals surface area contributed by atoms with E-state index >= 15 is 0 Å². The van der Waals surface area contributed by atoms with E-state index in [1.54, 1.807) is 19.1 Å². The number of nitrogens with zero attached hydrogens (tertiary/aromatic N) is 1. The number of phenolic OH excluding ortho intramolecular Hbond substituents is 1. The van der Waals surface area contributed by atoms with Crippen LogP contribution in [0.5, 0.6) is 5.75 Å². The van der Waals surface area contributed by atoms with Gasteiger partial charge in [-0.1, -0.05) is 39.8 Å². The van der Waals surface area contributed by atoms with Crippen LogP contribution in [0.2, 0.25) is 0 Å². The highest BCUT2D eigenvalue weighted by Gasteiger charge is 2.68. The van der Waals surface area contributed by atoms with Gasteiger partial charge >= 0.3 is 0 Å². The predicted molar refractivity (Wildman–Crippen MR) is 142 cm³/mol. The quantitative estimate of drug-likeness (QED) is 0.259. The maximum atomic E-state index is 14.0. The molecule has 0 spiro atoms. The average Bonchev–Trinajstić information content (AvgIpc) is 2.81. The first kappa shape index (κ1) is 28.8. The smallest absolute Gasteiger partial charge is 0.255 e. The highest BCUT2D eigenvalue weighted by atomic mass is 16.4. The van der Waals surface area contributed by atoms with Crippen LogP contribution in [0.4, 0.5) is 0 Å². The van der Waals surface area contributed by atoms with Gasteiger partial charge in [-0.25, -0.2) is 0 Å². The van der Waals surface area contributed by atoms with Gasteiger partial charge in [0.05, 0.1) is 23.6 Å². The number of rotatable bonds is 5. The molecule has 3 aliphatic carbocycles. The second-order valence-electron chi connectivity index (χ2n) is 12.3. The first-order chi connectivity index (χ1) is 18.0. The van der Waals surface area contributed by atoms with Gasteiger partial charge in [0.25, 0.3) is 5.91 Å². The van der Waals surface area contributed by atoms with Crippen LogP contribution < -0.4 is 11.1 Å². The summed E-state index contributed by atoms with van der Waals surface area (Å²) in [5.74, 6) is -8.91. The van der Waals surface area contributed by atoms with E-state index < -0.39 is 75.6 Å². The third-order valence-electron chi connectivity index (χ3n) is 8.18. The Morgan fingerprint density at radius 2 is 1.77 bits per heavy atom. The monoisotopic (exact) mass is 543 g/mol. The molecule has 4 rings (SSSR count). The van der Waals surface area contributed by atoms with Crippen LogP contribution in [-0.2, 0) is 20.9 Å². The molecular formula is C28H37N3O8. The lowest BCUT2D eigenvalue weighted by molar-refractivity contribution is -0.169. The minimum absolute atomic E-state index is 0.0129. The summed E-state index contributed by atoms with van der Waals surface area (Å²) in [6.07, 6.45) is -1.61. The topological polar surface area (TPSA) is 194 Å². The molecule has 1 saturated carbocycles. The molecule has 8 N–H and O–H groups in total. The van der Waals surface area contributed by atoms with Gasteiger partial charge in [0.2, 0.25) is 5.78 Å². The average molecular weight is 544 g/mol. The van der Waals surface area contributed by atoms with Crippen molar-refractivity contribution in [3.63, 3.8) is 0 Å². The third kappa shape index (κ3) is 4.15. The van der Waals surface area contributed by atoms with Gasteiger partial charge in [0.15, 0.2) is 11.4 Å². The highest BCUT2D eigenvalue weighted by molar-refractivity contribution is 6.24. The van der Waals surface area contributed by atoms with Crippen LogP contribution in [-0.4, -0.2) is 86.3 Å². The molecule has 0 radical (unpaired) electrons. The second-order valence-corrected chi connectivity index (χ2v) is 12.3. The van der Waals surface area contributed by atoms with E-state index in [0.717, 1.165) is 0 Å². The molecule has 11 heteroatoms. The fourth-order valence-corrected chi connectivity index (χ4v) is 6.37. The number of aliphatic hydroxyl groups excluding tert-OH is 3. The van der Waals surface area contributed by atoms with Crippen LogP contribution in [0.15, 0.2) is 29.0 Å². The van der Waals surface area contributed by atoms with Gasteiger partial charge in [0.1, 0.15) is 22.8 Å². The van der Waals surface area contributed by atoms with E-state index in [1.807, 2.05) is 0 Å². The third-order valence-corrected chi connectivity index (χ3v) is 8.18. The maximum absolute atomic E-state index is 14.0. The molecule has 6 atom stereocenters. The van der Waals surface area contributed by atoms with Crippen molar-refractivity contribution in [3.8, 4) is 5.75 Å². The Morgan fingerprint density at radius 1 is 1.15 bits per heavy atom. The molecule has 0 saturated heterocycles. The molecule has 0 aliphatic heterocycles. The van der Waals surface area contributed by atoms with Gasteiger partial charge in [-0.05, 0) is 31.0 Å². The normalized spacial score (nSPS) is 30.8. The summed E-state index contributed by atoms with van der Waals surface area (Å²) in [7, 11) is 2.94. The number of primary amides is 1. The summed E-state index contributed by atoms with van der Waals surface area (Å²) in [6, 6.07) is 2.03. The first-order valence-electron chi connectivity index (χ1n) is 12.8. The zero-order chi connectivity index (χ0) is 29.4. The van der Waals surface area contributed by atoms with E-state index in [0.29, 0.717) is 17.7 Å². The minimum Gasteiger partial charge on any atom is -0.508 e. The minimum atomic E-state index is -2.93. The lowest BCUT2D eigenvalue weighted by atomic mass is 9.54.